The van der Waals surface area contributed by atoms with Gasteiger partial charge >= 0.3 is 5.97 Å². The van der Waals surface area contributed by atoms with Gasteiger partial charge in [0, 0.05) is 6.42 Å². The van der Waals surface area contributed by atoms with Crippen molar-refractivity contribution in [3.8, 4) is 0 Å². The summed E-state index contributed by atoms with van der Waals surface area (Å²) in [7, 11) is -3.90. The van der Waals surface area contributed by atoms with E-state index < -0.39 is 16.2 Å². The summed E-state index contributed by atoms with van der Waals surface area (Å²) in [5.41, 5.74) is 0.949. The van der Waals surface area contributed by atoms with Crippen LogP contribution in [0.15, 0.2) is 41.8 Å². The fourth-order valence-electron chi connectivity index (χ4n) is 1.87. The average molecular weight is 370 g/mol. The lowest BCUT2D eigenvalue weighted by Gasteiger charge is -2.17. The van der Waals surface area contributed by atoms with E-state index in [1.165, 1.54) is 18.2 Å². The highest BCUT2D eigenvalue weighted by atomic mass is 32.2. The third kappa shape index (κ3) is 8.29. The van der Waals surface area contributed by atoms with Crippen molar-refractivity contribution in [2.75, 3.05) is 19.8 Å². The third-order valence-corrected chi connectivity index (χ3v) is 4.63. The van der Waals surface area contributed by atoms with Crippen LogP contribution in [-0.4, -0.2) is 40.3 Å². The maximum Gasteiger partial charge on any atom is 0.305 e. The number of carbonyl (C=O) groups excluding carboxylic acids is 1. The highest BCUT2D eigenvalue weighted by molar-refractivity contribution is 7.86. The largest absolute Gasteiger partial charge is 0.463 e. The fourth-order valence-corrected chi connectivity index (χ4v) is 2.80. The molecule has 25 heavy (non-hydrogen) atoms. The van der Waals surface area contributed by atoms with E-state index in [4.69, 9.17) is 13.7 Å². The minimum absolute atomic E-state index is 0.0696. The fraction of sp³-hybridized carbons (Fsp3) is 0.500. The van der Waals surface area contributed by atoms with E-state index in [-0.39, 0.29) is 30.7 Å². The Balaban J connectivity index is 2.60. The van der Waals surface area contributed by atoms with Crippen molar-refractivity contribution in [2.45, 2.75) is 44.1 Å². The van der Waals surface area contributed by atoms with Crippen LogP contribution in [-0.2, 0) is 28.6 Å². The number of ether oxygens (including phenoxy) is 2. The Labute approximate surface area is 149 Å². The molecule has 140 valence electrons. The molecule has 0 N–H and O–H groups in total. The van der Waals surface area contributed by atoms with Crippen LogP contribution in [0.4, 0.5) is 0 Å². The van der Waals surface area contributed by atoms with Crippen LogP contribution in [0.25, 0.3) is 0 Å². The first-order valence-corrected chi connectivity index (χ1v) is 9.64. The number of benzene rings is 1. The molecule has 0 aliphatic rings. The summed E-state index contributed by atoms with van der Waals surface area (Å²) >= 11 is 0. The lowest BCUT2D eigenvalue weighted by atomic mass is 10.2. The summed E-state index contributed by atoms with van der Waals surface area (Å²) in [4.78, 5) is 11.6. The van der Waals surface area contributed by atoms with Gasteiger partial charge in [-0.2, -0.15) is 8.42 Å². The summed E-state index contributed by atoms with van der Waals surface area (Å²) in [6, 6.07) is 6.35. The molecule has 0 aliphatic heterocycles. The first-order chi connectivity index (χ1) is 11.9. The van der Waals surface area contributed by atoms with E-state index in [9.17, 15) is 13.2 Å². The molecule has 7 heteroatoms. The normalized spacial score (nSPS) is 12.6. The van der Waals surface area contributed by atoms with Gasteiger partial charge in [0.15, 0.2) is 0 Å². The molecule has 0 saturated heterocycles. The van der Waals surface area contributed by atoms with Gasteiger partial charge in [0.05, 0.1) is 18.1 Å². The zero-order chi connectivity index (χ0) is 18.7. The van der Waals surface area contributed by atoms with Gasteiger partial charge in [-0.25, -0.2) is 0 Å². The molecule has 0 fully saturated rings. The summed E-state index contributed by atoms with van der Waals surface area (Å²) in [5, 5.41) is 0. The first kappa shape index (κ1) is 21.3. The quantitative estimate of drug-likeness (QED) is 0.320. The molecule has 0 amide bonds. The monoisotopic (exact) mass is 370 g/mol. The predicted octanol–water partition coefficient (Wildman–Crippen LogP) is 3.00. The number of rotatable bonds is 12. The SMILES string of the molecule is C=CCOC(COC(=O)CCCC)COS(=O)(=O)c1ccc(C)cc1. The van der Waals surface area contributed by atoms with Gasteiger partial charge in [-0.05, 0) is 25.5 Å². The maximum atomic E-state index is 12.2. The average Bonchev–Trinajstić information content (AvgIpc) is 2.59. The molecule has 1 unspecified atom stereocenters. The number of esters is 1. The third-order valence-electron chi connectivity index (χ3n) is 3.33. The van der Waals surface area contributed by atoms with Gasteiger partial charge in [-0.15, -0.1) is 6.58 Å². The van der Waals surface area contributed by atoms with Crippen LogP contribution in [0, 0.1) is 6.92 Å². The molecular weight excluding hydrogens is 344 g/mol. The molecule has 1 atom stereocenters. The van der Waals surface area contributed by atoms with Crippen LogP contribution >= 0.6 is 0 Å². The Hall–Kier alpha value is -1.70. The Morgan fingerprint density at radius 2 is 1.92 bits per heavy atom. The molecular formula is C18H26O6S. The van der Waals surface area contributed by atoms with Gasteiger partial charge in [0.2, 0.25) is 0 Å². The van der Waals surface area contributed by atoms with Gasteiger partial charge in [0.1, 0.15) is 12.7 Å². The number of hydrogen-bond donors (Lipinski definition) is 0. The summed E-state index contributed by atoms with van der Waals surface area (Å²) in [5.74, 6) is -0.338. The van der Waals surface area contributed by atoms with E-state index >= 15 is 0 Å². The lowest BCUT2D eigenvalue weighted by Crippen LogP contribution is -2.28. The topological polar surface area (TPSA) is 78.9 Å². The second-order valence-corrected chi connectivity index (χ2v) is 7.20. The van der Waals surface area contributed by atoms with Crippen molar-refractivity contribution in [1.29, 1.82) is 0 Å². The minimum atomic E-state index is -3.90. The molecule has 0 heterocycles. The van der Waals surface area contributed by atoms with Crippen molar-refractivity contribution in [3.63, 3.8) is 0 Å². The smallest absolute Gasteiger partial charge is 0.305 e. The summed E-state index contributed by atoms with van der Waals surface area (Å²) in [6.45, 7) is 7.27. The second-order valence-electron chi connectivity index (χ2n) is 5.58. The van der Waals surface area contributed by atoms with Gasteiger partial charge in [-0.3, -0.25) is 8.98 Å². The molecule has 0 spiro atoms. The van der Waals surface area contributed by atoms with Gasteiger partial charge in [0.25, 0.3) is 10.1 Å². The number of aryl methyl sites for hydroxylation is 1. The second kappa shape index (κ2) is 11.0. The lowest BCUT2D eigenvalue weighted by molar-refractivity contribution is -0.148. The Morgan fingerprint density at radius 1 is 1.24 bits per heavy atom. The van der Waals surface area contributed by atoms with Crippen LogP contribution in [0.2, 0.25) is 0 Å². The molecule has 1 aromatic carbocycles. The zero-order valence-electron chi connectivity index (χ0n) is 14.8. The van der Waals surface area contributed by atoms with Gasteiger partial charge in [-0.1, -0.05) is 37.1 Å². The molecule has 0 bridgehead atoms. The van der Waals surface area contributed by atoms with Crippen molar-refractivity contribution in [3.05, 3.63) is 42.5 Å². The molecule has 0 aliphatic carbocycles. The highest BCUT2D eigenvalue weighted by Crippen LogP contribution is 2.14. The van der Waals surface area contributed by atoms with Crippen LogP contribution < -0.4 is 0 Å². The molecule has 6 nitrogen and oxygen atoms in total. The van der Waals surface area contributed by atoms with E-state index in [2.05, 4.69) is 6.58 Å². The molecule has 1 aromatic rings. The van der Waals surface area contributed by atoms with E-state index in [1.54, 1.807) is 12.1 Å². The number of carbonyl (C=O) groups is 1. The van der Waals surface area contributed by atoms with Crippen molar-refractivity contribution in [2.24, 2.45) is 0 Å². The van der Waals surface area contributed by atoms with E-state index in [0.717, 1.165) is 18.4 Å². The maximum absolute atomic E-state index is 12.2. The first-order valence-electron chi connectivity index (χ1n) is 8.23. The minimum Gasteiger partial charge on any atom is -0.463 e. The summed E-state index contributed by atoms with van der Waals surface area (Å²) in [6.07, 6.45) is 2.80. The Bertz CT molecular complexity index is 636. The Morgan fingerprint density at radius 3 is 2.52 bits per heavy atom. The summed E-state index contributed by atoms with van der Waals surface area (Å²) < 4.78 is 40.0. The predicted molar refractivity (Wildman–Crippen MR) is 94.7 cm³/mol. The Kier molecular flexibility index (Phi) is 9.41. The zero-order valence-corrected chi connectivity index (χ0v) is 15.6. The number of hydrogen-bond acceptors (Lipinski definition) is 6. The van der Waals surface area contributed by atoms with Crippen LogP contribution in [0.1, 0.15) is 31.7 Å². The van der Waals surface area contributed by atoms with Crippen molar-refractivity contribution >= 4 is 16.1 Å². The molecule has 1 rings (SSSR count). The standard InChI is InChI=1S/C18H26O6S/c1-4-6-7-18(19)23-13-16(22-12-5-2)14-24-25(20,21)17-10-8-15(3)9-11-17/h5,8-11,16H,2,4,6-7,12-14H2,1,3H3. The van der Waals surface area contributed by atoms with Crippen molar-refractivity contribution < 1.29 is 26.9 Å². The van der Waals surface area contributed by atoms with E-state index in [1.807, 2.05) is 13.8 Å². The highest BCUT2D eigenvalue weighted by Gasteiger charge is 2.20. The molecule has 0 aromatic heterocycles. The van der Waals surface area contributed by atoms with Crippen LogP contribution in [0.3, 0.4) is 0 Å². The van der Waals surface area contributed by atoms with E-state index in [0.29, 0.717) is 6.42 Å². The molecule has 0 radical (unpaired) electrons. The van der Waals surface area contributed by atoms with Crippen LogP contribution in [0.5, 0.6) is 0 Å². The molecule has 0 saturated carbocycles. The van der Waals surface area contributed by atoms with Gasteiger partial charge < -0.3 is 9.47 Å². The number of unbranched alkanes of at least 4 members (excludes halogenated alkanes) is 1. The van der Waals surface area contributed by atoms with Crippen molar-refractivity contribution in [1.82, 2.24) is 0 Å².